The molecule has 1 aromatic heterocycles. The second-order valence-corrected chi connectivity index (χ2v) is 5.17. The van der Waals surface area contributed by atoms with Gasteiger partial charge in [-0.3, -0.25) is 0 Å². The largest absolute Gasteiger partial charge is 0.379 e. The van der Waals surface area contributed by atoms with Crippen molar-refractivity contribution in [3.05, 3.63) is 40.9 Å². The van der Waals surface area contributed by atoms with Gasteiger partial charge < -0.3 is 5.32 Å². The highest BCUT2D eigenvalue weighted by atomic mass is 32.1. The molecule has 0 aliphatic carbocycles. The van der Waals surface area contributed by atoms with Crippen molar-refractivity contribution >= 4 is 17.2 Å². The van der Waals surface area contributed by atoms with E-state index in [9.17, 15) is 0 Å². The zero-order valence-corrected chi connectivity index (χ0v) is 11.2. The van der Waals surface area contributed by atoms with Crippen molar-refractivity contribution in [3.63, 3.8) is 0 Å². The first kappa shape index (κ1) is 12.5. The molecule has 0 saturated carbocycles. The third kappa shape index (κ3) is 2.84. The van der Waals surface area contributed by atoms with Gasteiger partial charge in [-0.25, -0.2) is 0 Å². The molecule has 2 aromatic rings. The topological polar surface area (TPSA) is 61.6 Å². The smallest absolute Gasteiger partial charge is 0.0946 e. The van der Waals surface area contributed by atoms with Crippen molar-refractivity contribution in [2.45, 2.75) is 25.8 Å². The zero-order valence-electron chi connectivity index (χ0n) is 10.3. The molecular formula is C13H14N4S. The Hall–Kier alpha value is -1.93. The van der Waals surface area contributed by atoms with E-state index in [-0.39, 0.29) is 0 Å². The van der Waals surface area contributed by atoms with Crippen molar-refractivity contribution in [1.82, 2.24) is 9.59 Å². The van der Waals surface area contributed by atoms with Gasteiger partial charge in [0, 0.05) is 11.1 Å². The second kappa shape index (κ2) is 5.15. The number of nitrogens with one attached hydrogen (secondary N) is 1. The highest BCUT2D eigenvalue weighted by Crippen LogP contribution is 2.23. The molecule has 2 rings (SSSR count). The molecule has 18 heavy (non-hydrogen) atoms. The van der Waals surface area contributed by atoms with Crippen LogP contribution in [0.1, 0.15) is 25.1 Å². The number of anilines is 1. The molecule has 0 amide bonds. The third-order valence-corrected chi connectivity index (χ3v) is 3.32. The molecule has 1 heterocycles. The summed E-state index contributed by atoms with van der Waals surface area (Å²) in [6.45, 7) is 4.49. The van der Waals surface area contributed by atoms with Crippen LogP contribution in [0.25, 0.3) is 0 Å². The lowest BCUT2D eigenvalue weighted by atomic mass is 9.86. The van der Waals surface area contributed by atoms with Crippen LogP contribution in [0.2, 0.25) is 0 Å². The highest BCUT2D eigenvalue weighted by molar-refractivity contribution is 7.03. The molecule has 0 aliphatic rings. The third-order valence-electron chi connectivity index (χ3n) is 2.76. The van der Waals surface area contributed by atoms with Gasteiger partial charge in [0.15, 0.2) is 0 Å². The van der Waals surface area contributed by atoms with Crippen molar-refractivity contribution in [2.75, 3.05) is 5.32 Å². The molecule has 0 radical (unpaired) electrons. The van der Waals surface area contributed by atoms with E-state index in [1.165, 1.54) is 11.5 Å². The summed E-state index contributed by atoms with van der Waals surface area (Å²) in [7, 11) is 0. The lowest BCUT2D eigenvalue weighted by molar-refractivity contribution is 0.687. The molecule has 0 fully saturated rings. The van der Waals surface area contributed by atoms with Gasteiger partial charge in [0.05, 0.1) is 23.7 Å². The minimum atomic E-state index is -0.447. The van der Waals surface area contributed by atoms with Gasteiger partial charge in [-0.1, -0.05) is 16.6 Å². The van der Waals surface area contributed by atoms with Crippen molar-refractivity contribution < 1.29 is 0 Å². The summed E-state index contributed by atoms with van der Waals surface area (Å²) in [6, 6.07) is 10.2. The van der Waals surface area contributed by atoms with E-state index in [0.29, 0.717) is 6.54 Å². The first-order valence-electron chi connectivity index (χ1n) is 5.63. The Balaban J connectivity index is 2.02. The monoisotopic (exact) mass is 258 g/mol. The molecular weight excluding hydrogens is 244 g/mol. The number of aromatic nitrogens is 2. The summed E-state index contributed by atoms with van der Waals surface area (Å²) < 4.78 is 3.81. The molecule has 1 aromatic carbocycles. The van der Waals surface area contributed by atoms with Gasteiger partial charge in [0.2, 0.25) is 0 Å². The maximum atomic E-state index is 9.07. The summed E-state index contributed by atoms with van der Waals surface area (Å²) >= 11 is 1.35. The number of nitriles is 1. The van der Waals surface area contributed by atoms with Crippen LogP contribution >= 0.6 is 11.5 Å². The summed E-state index contributed by atoms with van der Waals surface area (Å²) in [4.78, 5) is 0. The minimum Gasteiger partial charge on any atom is -0.379 e. The summed E-state index contributed by atoms with van der Waals surface area (Å²) in [5, 5.41) is 18.2. The maximum Gasteiger partial charge on any atom is 0.0946 e. The highest BCUT2D eigenvalue weighted by Gasteiger charge is 2.18. The summed E-state index contributed by atoms with van der Waals surface area (Å²) in [6.07, 6.45) is 0. The van der Waals surface area contributed by atoms with E-state index in [2.05, 4.69) is 21.0 Å². The number of rotatable bonds is 4. The van der Waals surface area contributed by atoms with E-state index in [4.69, 9.17) is 5.26 Å². The number of hydrogen-bond acceptors (Lipinski definition) is 5. The average Bonchev–Trinajstić information content (AvgIpc) is 2.90. The molecule has 1 N–H and O–H groups in total. The fraction of sp³-hybridized carbons (Fsp3) is 0.308. The maximum absolute atomic E-state index is 9.07. The predicted octanol–water partition coefficient (Wildman–Crippen LogP) is 2.95. The van der Waals surface area contributed by atoms with Crippen LogP contribution in [0.3, 0.4) is 0 Å². The van der Waals surface area contributed by atoms with Crippen LogP contribution in [-0.4, -0.2) is 9.59 Å². The van der Waals surface area contributed by atoms with Crippen molar-refractivity contribution in [2.24, 2.45) is 0 Å². The lowest BCUT2D eigenvalue weighted by Crippen LogP contribution is -2.13. The van der Waals surface area contributed by atoms with Gasteiger partial charge in [-0.15, -0.1) is 5.10 Å². The number of benzene rings is 1. The van der Waals surface area contributed by atoms with Crippen LogP contribution in [0.4, 0.5) is 5.69 Å². The first-order chi connectivity index (χ1) is 8.62. The SMILES string of the molecule is CC(C)(C#N)c1ccc(NCc2csnn2)cc1. The number of nitrogens with zero attached hydrogens (tertiary/aromatic N) is 3. The quantitative estimate of drug-likeness (QED) is 0.915. The van der Waals surface area contributed by atoms with Crippen LogP contribution in [0.5, 0.6) is 0 Å². The normalized spacial score (nSPS) is 10.9. The molecule has 0 spiro atoms. The van der Waals surface area contributed by atoms with Crippen LogP contribution in [0, 0.1) is 11.3 Å². The summed E-state index contributed by atoms with van der Waals surface area (Å²) in [5.41, 5.74) is 2.52. The van der Waals surface area contributed by atoms with Crippen LogP contribution in [0.15, 0.2) is 29.6 Å². The average molecular weight is 258 g/mol. The molecule has 0 aliphatic heterocycles. The van der Waals surface area contributed by atoms with E-state index in [0.717, 1.165) is 16.9 Å². The molecule has 0 bridgehead atoms. The van der Waals surface area contributed by atoms with Crippen molar-refractivity contribution in [1.29, 1.82) is 5.26 Å². The van der Waals surface area contributed by atoms with E-state index in [1.807, 2.05) is 43.5 Å². The van der Waals surface area contributed by atoms with E-state index < -0.39 is 5.41 Å². The Bertz CT molecular complexity index is 537. The fourth-order valence-electron chi connectivity index (χ4n) is 1.52. The standard InChI is InChI=1S/C13H14N4S/c1-13(2,9-14)10-3-5-11(6-4-10)15-7-12-8-18-17-16-12/h3-6,8,15H,7H2,1-2H3. The molecule has 0 saturated heterocycles. The van der Waals surface area contributed by atoms with Crippen molar-refractivity contribution in [3.8, 4) is 6.07 Å². The van der Waals surface area contributed by atoms with Gasteiger partial charge in [-0.05, 0) is 43.1 Å². The first-order valence-corrected chi connectivity index (χ1v) is 6.47. The second-order valence-electron chi connectivity index (χ2n) is 4.56. The van der Waals surface area contributed by atoms with E-state index >= 15 is 0 Å². The molecule has 5 heteroatoms. The Morgan fingerprint density at radius 3 is 2.61 bits per heavy atom. The summed E-state index contributed by atoms with van der Waals surface area (Å²) in [5.74, 6) is 0. The van der Waals surface area contributed by atoms with Gasteiger partial charge in [-0.2, -0.15) is 5.26 Å². The lowest BCUT2D eigenvalue weighted by Gasteiger charge is -2.16. The molecule has 0 unspecified atom stereocenters. The predicted molar refractivity (Wildman–Crippen MR) is 72.3 cm³/mol. The van der Waals surface area contributed by atoms with Gasteiger partial charge in [0.25, 0.3) is 0 Å². The zero-order chi connectivity index (χ0) is 13.0. The molecule has 0 atom stereocenters. The van der Waals surface area contributed by atoms with Gasteiger partial charge >= 0.3 is 0 Å². The Morgan fingerprint density at radius 2 is 2.06 bits per heavy atom. The fourth-order valence-corrected chi connectivity index (χ4v) is 1.97. The Labute approximate surface area is 110 Å². The Morgan fingerprint density at radius 1 is 1.33 bits per heavy atom. The van der Waals surface area contributed by atoms with Gasteiger partial charge in [0.1, 0.15) is 0 Å². The van der Waals surface area contributed by atoms with E-state index in [1.54, 1.807) is 0 Å². The number of hydrogen-bond donors (Lipinski definition) is 1. The minimum absolute atomic E-state index is 0.447. The van der Waals surface area contributed by atoms with Crippen LogP contribution < -0.4 is 5.32 Å². The molecule has 4 nitrogen and oxygen atoms in total. The molecule has 92 valence electrons. The van der Waals surface area contributed by atoms with Crippen LogP contribution in [-0.2, 0) is 12.0 Å². The Kier molecular flexibility index (Phi) is 3.58.